The van der Waals surface area contributed by atoms with E-state index in [0.29, 0.717) is 5.56 Å². The average Bonchev–Trinajstić information content (AvgIpc) is 2.94. The van der Waals surface area contributed by atoms with Gasteiger partial charge in [-0.25, -0.2) is 17.9 Å². The Balaban J connectivity index is 2.11. The van der Waals surface area contributed by atoms with Crippen LogP contribution < -0.4 is 5.14 Å². The highest BCUT2D eigenvalue weighted by Gasteiger charge is 2.21. The summed E-state index contributed by atoms with van der Waals surface area (Å²) in [6.45, 7) is 0. The largest absolute Gasteiger partial charge is 0.240 e. The first-order valence-corrected chi connectivity index (χ1v) is 10.4. The summed E-state index contributed by atoms with van der Waals surface area (Å²) < 4.78 is 38.8. The summed E-state index contributed by atoms with van der Waals surface area (Å²) in [4.78, 5) is -0.475. The number of nitrogens with two attached hydrogens (primary N) is 1. The molecular weight excluding hydrogens is 461 g/mol. The van der Waals surface area contributed by atoms with Crippen LogP contribution in [0.5, 0.6) is 0 Å². The first-order chi connectivity index (χ1) is 11.3. The molecular formula is C17H14Br2FNO2S. The van der Waals surface area contributed by atoms with E-state index in [1.54, 1.807) is 6.07 Å². The summed E-state index contributed by atoms with van der Waals surface area (Å²) in [7, 11) is -4.05. The van der Waals surface area contributed by atoms with Gasteiger partial charge >= 0.3 is 0 Å². The standard InChI is InChI=1S/C17H14Br2FNO2S/c18-12-6-11(7-13(19)9-12)15-3-1-2-14(15)10-4-5-17(16(20)8-10)24(21,22)23/h4-9H,1-3H2,(H2,21,22,23). The second kappa shape index (κ2) is 6.71. The van der Waals surface area contributed by atoms with Crippen molar-refractivity contribution in [1.82, 2.24) is 0 Å². The third-order valence-corrected chi connectivity index (χ3v) is 5.88. The highest BCUT2D eigenvalue weighted by molar-refractivity contribution is 9.11. The van der Waals surface area contributed by atoms with Crippen LogP contribution in [0.1, 0.15) is 30.4 Å². The Morgan fingerprint density at radius 3 is 2.04 bits per heavy atom. The molecule has 0 amide bonds. The molecule has 3 nitrogen and oxygen atoms in total. The van der Waals surface area contributed by atoms with Crippen molar-refractivity contribution >= 4 is 53.0 Å². The Labute approximate surface area is 157 Å². The van der Waals surface area contributed by atoms with Crippen molar-refractivity contribution in [1.29, 1.82) is 0 Å². The molecule has 0 unspecified atom stereocenters. The number of hydrogen-bond acceptors (Lipinski definition) is 2. The molecule has 0 aromatic heterocycles. The Morgan fingerprint density at radius 1 is 0.917 bits per heavy atom. The zero-order valence-electron chi connectivity index (χ0n) is 12.5. The van der Waals surface area contributed by atoms with Gasteiger partial charge in [0.15, 0.2) is 0 Å². The fourth-order valence-electron chi connectivity index (χ4n) is 3.03. The van der Waals surface area contributed by atoms with Crippen LogP contribution in [-0.2, 0) is 10.0 Å². The molecule has 2 aromatic rings. The lowest BCUT2D eigenvalue weighted by molar-refractivity contribution is 0.568. The van der Waals surface area contributed by atoms with Crippen molar-refractivity contribution in [2.24, 2.45) is 5.14 Å². The molecule has 3 rings (SSSR count). The van der Waals surface area contributed by atoms with Crippen LogP contribution in [0.2, 0.25) is 0 Å². The van der Waals surface area contributed by atoms with Crippen molar-refractivity contribution in [3.8, 4) is 0 Å². The highest BCUT2D eigenvalue weighted by Crippen LogP contribution is 2.41. The fraction of sp³-hybridized carbons (Fsp3) is 0.176. The normalized spacial score (nSPS) is 15.2. The van der Waals surface area contributed by atoms with Crippen LogP contribution in [0.15, 0.2) is 50.2 Å². The lowest BCUT2D eigenvalue weighted by Gasteiger charge is -2.11. The van der Waals surface area contributed by atoms with Gasteiger partial charge in [-0.1, -0.05) is 37.9 Å². The van der Waals surface area contributed by atoms with E-state index in [-0.39, 0.29) is 0 Å². The van der Waals surface area contributed by atoms with Crippen LogP contribution in [0, 0.1) is 5.82 Å². The smallest absolute Gasteiger partial charge is 0.225 e. The fourth-order valence-corrected chi connectivity index (χ4v) is 4.91. The molecule has 0 bridgehead atoms. The molecule has 0 radical (unpaired) electrons. The highest BCUT2D eigenvalue weighted by atomic mass is 79.9. The average molecular weight is 475 g/mol. The lowest BCUT2D eigenvalue weighted by atomic mass is 9.97. The molecule has 2 aromatic carbocycles. The Morgan fingerprint density at radius 2 is 1.50 bits per heavy atom. The van der Waals surface area contributed by atoms with Crippen molar-refractivity contribution in [3.63, 3.8) is 0 Å². The molecule has 1 aliphatic rings. The maximum absolute atomic E-state index is 14.2. The van der Waals surface area contributed by atoms with Gasteiger partial charge in [0.25, 0.3) is 0 Å². The monoisotopic (exact) mass is 473 g/mol. The Hall–Kier alpha value is -1.02. The number of primary sulfonamides is 1. The molecule has 1 aliphatic carbocycles. The Bertz CT molecular complexity index is 935. The van der Waals surface area contributed by atoms with E-state index in [0.717, 1.165) is 44.9 Å². The van der Waals surface area contributed by atoms with Crippen LogP contribution in [0.4, 0.5) is 4.39 Å². The second-order valence-electron chi connectivity index (χ2n) is 5.66. The summed E-state index contributed by atoms with van der Waals surface area (Å²) >= 11 is 6.97. The Kier molecular flexibility index (Phi) is 4.97. The predicted molar refractivity (Wildman–Crippen MR) is 100 cm³/mol. The number of allylic oxidation sites excluding steroid dienone is 2. The van der Waals surface area contributed by atoms with Gasteiger partial charge in [0.1, 0.15) is 10.7 Å². The molecule has 0 fully saturated rings. The summed E-state index contributed by atoms with van der Waals surface area (Å²) in [6, 6.07) is 10.1. The molecule has 0 saturated heterocycles. The third kappa shape index (κ3) is 3.64. The van der Waals surface area contributed by atoms with Crippen LogP contribution >= 0.6 is 31.9 Å². The van der Waals surface area contributed by atoms with Crippen molar-refractivity contribution in [3.05, 3.63) is 62.3 Å². The SMILES string of the molecule is NS(=O)(=O)c1ccc(C2=C(c3cc(Br)cc(Br)c3)CCC2)cc1F. The second-order valence-corrected chi connectivity index (χ2v) is 9.02. The topological polar surface area (TPSA) is 60.2 Å². The summed E-state index contributed by atoms with van der Waals surface area (Å²) in [6.07, 6.45) is 2.71. The minimum absolute atomic E-state index is 0.475. The van der Waals surface area contributed by atoms with Gasteiger partial charge in [-0.05, 0) is 71.9 Å². The summed E-state index contributed by atoms with van der Waals surface area (Å²) in [5.74, 6) is -0.816. The van der Waals surface area contributed by atoms with E-state index in [1.165, 1.54) is 12.1 Å². The van der Waals surface area contributed by atoms with Gasteiger partial charge < -0.3 is 0 Å². The van der Waals surface area contributed by atoms with Gasteiger partial charge in [-0.3, -0.25) is 0 Å². The minimum Gasteiger partial charge on any atom is -0.225 e. The number of benzene rings is 2. The van der Waals surface area contributed by atoms with Crippen molar-refractivity contribution in [2.75, 3.05) is 0 Å². The van der Waals surface area contributed by atoms with Gasteiger partial charge in [0.2, 0.25) is 10.0 Å². The zero-order chi connectivity index (χ0) is 17.5. The number of hydrogen-bond donors (Lipinski definition) is 1. The summed E-state index contributed by atoms with van der Waals surface area (Å²) in [5.41, 5.74) is 3.96. The van der Waals surface area contributed by atoms with E-state index in [4.69, 9.17) is 5.14 Å². The van der Waals surface area contributed by atoms with Crippen LogP contribution in [0.25, 0.3) is 11.1 Å². The number of sulfonamides is 1. The maximum atomic E-state index is 14.2. The zero-order valence-corrected chi connectivity index (χ0v) is 16.5. The molecule has 0 heterocycles. The molecule has 0 atom stereocenters. The van der Waals surface area contributed by atoms with E-state index in [1.807, 2.05) is 18.2 Å². The number of rotatable bonds is 3. The quantitative estimate of drug-likeness (QED) is 0.673. The summed E-state index contributed by atoms with van der Waals surface area (Å²) in [5, 5.41) is 5.02. The van der Waals surface area contributed by atoms with E-state index in [9.17, 15) is 12.8 Å². The van der Waals surface area contributed by atoms with Gasteiger partial charge in [0.05, 0.1) is 0 Å². The molecule has 24 heavy (non-hydrogen) atoms. The first kappa shape index (κ1) is 17.8. The number of halogens is 3. The minimum atomic E-state index is -4.05. The van der Waals surface area contributed by atoms with E-state index < -0.39 is 20.7 Å². The van der Waals surface area contributed by atoms with E-state index >= 15 is 0 Å². The molecule has 0 saturated carbocycles. The first-order valence-electron chi connectivity index (χ1n) is 7.27. The predicted octanol–water partition coefficient (Wildman–Crippen LogP) is 5.09. The van der Waals surface area contributed by atoms with Gasteiger partial charge in [0, 0.05) is 8.95 Å². The molecule has 0 spiro atoms. The van der Waals surface area contributed by atoms with Gasteiger partial charge in [-0.2, -0.15) is 0 Å². The van der Waals surface area contributed by atoms with Crippen LogP contribution in [-0.4, -0.2) is 8.42 Å². The lowest BCUT2D eigenvalue weighted by Crippen LogP contribution is -2.14. The molecule has 2 N–H and O–H groups in total. The van der Waals surface area contributed by atoms with Crippen LogP contribution in [0.3, 0.4) is 0 Å². The van der Waals surface area contributed by atoms with Gasteiger partial charge in [-0.15, -0.1) is 0 Å². The molecule has 7 heteroatoms. The maximum Gasteiger partial charge on any atom is 0.240 e. The molecule has 126 valence electrons. The molecule has 0 aliphatic heterocycles. The van der Waals surface area contributed by atoms with Crippen molar-refractivity contribution < 1.29 is 12.8 Å². The van der Waals surface area contributed by atoms with E-state index in [2.05, 4.69) is 31.9 Å². The van der Waals surface area contributed by atoms with Crippen molar-refractivity contribution in [2.45, 2.75) is 24.2 Å². The third-order valence-electron chi connectivity index (χ3n) is 4.02.